The molecule has 2 atom stereocenters. The standard InChI is InChI=1S/C7H11NO4/c1-4(9)8-3-5(10)2-6(8)7(11)12/h5-6,10H,2-3H2,1H3,(H,11,12)/t5-,6?/m1/s1. The van der Waals surface area contributed by atoms with Crippen molar-refractivity contribution in [2.24, 2.45) is 0 Å². The minimum Gasteiger partial charge on any atom is -0.480 e. The first-order chi connectivity index (χ1) is 5.52. The lowest BCUT2D eigenvalue weighted by Gasteiger charge is -2.18. The van der Waals surface area contributed by atoms with Crippen LogP contribution in [0, 0.1) is 0 Å². The fraction of sp³-hybridized carbons (Fsp3) is 0.714. The molecule has 1 rings (SSSR count). The molecule has 1 saturated heterocycles. The summed E-state index contributed by atoms with van der Waals surface area (Å²) >= 11 is 0. The molecule has 1 amide bonds. The van der Waals surface area contributed by atoms with E-state index in [4.69, 9.17) is 10.2 Å². The van der Waals surface area contributed by atoms with E-state index in [-0.39, 0.29) is 18.9 Å². The normalized spacial score (nSPS) is 29.0. The lowest BCUT2D eigenvalue weighted by atomic mass is 10.2. The number of nitrogens with zero attached hydrogens (tertiary/aromatic N) is 1. The number of rotatable bonds is 1. The third kappa shape index (κ3) is 1.55. The van der Waals surface area contributed by atoms with Crippen molar-refractivity contribution in [3.8, 4) is 0 Å². The van der Waals surface area contributed by atoms with Gasteiger partial charge in [0.15, 0.2) is 0 Å². The van der Waals surface area contributed by atoms with Crippen LogP contribution in [0.4, 0.5) is 0 Å². The lowest BCUT2D eigenvalue weighted by molar-refractivity contribution is -0.147. The first-order valence-corrected chi connectivity index (χ1v) is 3.70. The SMILES string of the molecule is CC(=O)N1C[C@H](O)CC1C(=O)O. The number of β-amino-alcohol motifs (C(OH)–C–C–N with tert-alkyl or cyclic N) is 1. The van der Waals surface area contributed by atoms with Crippen LogP contribution in [0.2, 0.25) is 0 Å². The molecule has 1 aliphatic heterocycles. The molecular weight excluding hydrogens is 162 g/mol. The van der Waals surface area contributed by atoms with Gasteiger partial charge in [-0.15, -0.1) is 0 Å². The first kappa shape index (κ1) is 8.99. The summed E-state index contributed by atoms with van der Waals surface area (Å²) in [5.41, 5.74) is 0. The van der Waals surface area contributed by atoms with Gasteiger partial charge in [-0.3, -0.25) is 4.79 Å². The number of carboxylic acids is 1. The monoisotopic (exact) mass is 173 g/mol. The maximum atomic E-state index is 10.9. The van der Waals surface area contributed by atoms with Crippen molar-refractivity contribution in [3.05, 3.63) is 0 Å². The predicted octanol–water partition coefficient (Wildman–Crippen LogP) is -0.947. The summed E-state index contributed by atoms with van der Waals surface area (Å²) < 4.78 is 0. The number of carbonyl (C=O) groups excluding carboxylic acids is 1. The van der Waals surface area contributed by atoms with E-state index >= 15 is 0 Å². The van der Waals surface area contributed by atoms with E-state index in [0.29, 0.717) is 0 Å². The molecule has 12 heavy (non-hydrogen) atoms. The van der Waals surface area contributed by atoms with E-state index in [2.05, 4.69) is 0 Å². The molecule has 1 heterocycles. The van der Waals surface area contributed by atoms with Crippen LogP contribution >= 0.6 is 0 Å². The average Bonchev–Trinajstić information content (AvgIpc) is 2.31. The number of likely N-dealkylation sites (tertiary alicyclic amines) is 1. The van der Waals surface area contributed by atoms with Crippen molar-refractivity contribution < 1.29 is 19.8 Å². The third-order valence-corrected chi connectivity index (χ3v) is 1.97. The Morgan fingerprint density at radius 3 is 2.42 bits per heavy atom. The van der Waals surface area contributed by atoms with Gasteiger partial charge in [0.1, 0.15) is 6.04 Å². The zero-order valence-corrected chi connectivity index (χ0v) is 6.73. The van der Waals surface area contributed by atoms with Gasteiger partial charge in [-0.05, 0) is 0 Å². The van der Waals surface area contributed by atoms with Crippen LogP contribution in [0.1, 0.15) is 13.3 Å². The van der Waals surface area contributed by atoms with E-state index in [1.807, 2.05) is 0 Å². The van der Waals surface area contributed by atoms with Crippen molar-refractivity contribution in [3.63, 3.8) is 0 Å². The zero-order valence-electron chi connectivity index (χ0n) is 6.73. The van der Waals surface area contributed by atoms with Crippen LogP contribution in [0.3, 0.4) is 0 Å². The molecule has 0 spiro atoms. The van der Waals surface area contributed by atoms with Crippen molar-refractivity contribution in [1.29, 1.82) is 0 Å². The molecule has 1 fully saturated rings. The lowest BCUT2D eigenvalue weighted by Crippen LogP contribution is -2.39. The van der Waals surface area contributed by atoms with Gasteiger partial charge in [-0.2, -0.15) is 0 Å². The van der Waals surface area contributed by atoms with Gasteiger partial charge in [0.2, 0.25) is 5.91 Å². The minimum atomic E-state index is -1.05. The third-order valence-electron chi connectivity index (χ3n) is 1.97. The minimum absolute atomic E-state index is 0.131. The predicted molar refractivity (Wildman–Crippen MR) is 39.4 cm³/mol. The van der Waals surface area contributed by atoms with Gasteiger partial charge in [0, 0.05) is 19.9 Å². The molecule has 5 nitrogen and oxygen atoms in total. The number of hydrogen-bond donors (Lipinski definition) is 2. The topological polar surface area (TPSA) is 77.8 Å². The van der Waals surface area contributed by atoms with E-state index in [9.17, 15) is 9.59 Å². The smallest absolute Gasteiger partial charge is 0.326 e. The summed E-state index contributed by atoms with van der Waals surface area (Å²) in [5.74, 6) is -1.36. The van der Waals surface area contributed by atoms with Crippen LogP contribution in [0.25, 0.3) is 0 Å². The van der Waals surface area contributed by atoms with Crippen molar-refractivity contribution in [1.82, 2.24) is 4.90 Å². The summed E-state index contributed by atoms with van der Waals surface area (Å²) in [6, 6.07) is -0.850. The average molecular weight is 173 g/mol. The number of carboxylic acid groups (broad SMARTS) is 1. The Morgan fingerprint density at radius 1 is 1.50 bits per heavy atom. The van der Waals surface area contributed by atoms with Crippen LogP contribution in [0.5, 0.6) is 0 Å². The maximum absolute atomic E-state index is 10.9. The Labute approximate surface area is 69.6 Å². The summed E-state index contributed by atoms with van der Waals surface area (Å²) in [6.07, 6.45) is -0.565. The molecule has 1 aliphatic rings. The van der Waals surface area contributed by atoms with Crippen molar-refractivity contribution in [2.75, 3.05) is 6.54 Å². The highest BCUT2D eigenvalue weighted by molar-refractivity contribution is 5.83. The van der Waals surface area contributed by atoms with E-state index in [1.54, 1.807) is 0 Å². The Bertz CT molecular complexity index is 193. The number of amides is 1. The van der Waals surface area contributed by atoms with Gasteiger partial charge in [-0.1, -0.05) is 0 Å². The highest BCUT2D eigenvalue weighted by atomic mass is 16.4. The number of carbonyl (C=O) groups is 2. The Balaban J connectivity index is 2.72. The second-order valence-electron chi connectivity index (χ2n) is 2.91. The Morgan fingerprint density at radius 2 is 2.08 bits per heavy atom. The molecule has 5 heteroatoms. The molecule has 0 aromatic rings. The van der Waals surface area contributed by atoms with Crippen molar-refractivity contribution in [2.45, 2.75) is 25.5 Å². The molecule has 68 valence electrons. The molecule has 0 aliphatic carbocycles. The van der Waals surface area contributed by atoms with Crippen molar-refractivity contribution >= 4 is 11.9 Å². The van der Waals surface area contributed by atoms with Crippen LogP contribution in [-0.2, 0) is 9.59 Å². The fourth-order valence-electron chi connectivity index (χ4n) is 1.40. The number of aliphatic hydroxyl groups excluding tert-OH is 1. The summed E-state index contributed by atoms with van der Waals surface area (Å²) in [5, 5.41) is 17.8. The van der Waals surface area contributed by atoms with Crippen LogP contribution in [0.15, 0.2) is 0 Å². The zero-order chi connectivity index (χ0) is 9.30. The quantitative estimate of drug-likeness (QED) is 0.536. The van der Waals surface area contributed by atoms with Gasteiger partial charge in [0.25, 0.3) is 0 Å². The molecule has 0 aromatic heterocycles. The van der Waals surface area contributed by atoms with Gasteiger partial charge >= 0.3 is 5.97 Å². The molecule has 0 bridgehead atoms. The van der Waals surface area contributed by atoms with Gasteiger partial charge < -0.3 is 15.1 Å². The second kappa shape index (κ2) is 3.10. The van der Waals surface area contributed by atoms with E-state index in [0.717, 1.165) is 0 Å². The van der Waals surface area contributed by atoms with E-state index < -0.39 is 18.1 Å². The van der Waals surface area contributed by atoms with Gasteiger partial charge in [0.05, 0.1) is 6.10 Å². The highest BCUT2D eigenvalue weighted by Gasteiger charge is 2.37. The molecule has 0 saturated carbocycles. The highest BCUT2D eigenvalue weighted by Crippen LogP contribution is 2.17. The largest absolute Gasteiger partial charge is 0.480 e. The fourth-order valence-corrected chi connectivity index (χ4v) is 1.40. The van der Waals surface area contributed by atoms with Crippen LogP contribution in [-0.4, -0.2) is 45.7 Å². The van der Waals surface area contributed by atoms with Gasteiger partial charge in [-0.25, -0.2) is 4.79 Å². The molecule has 1 unspecified atom stereocenters. The summed E-state index contributed by atoms with van der Waals surface area (Å²) in [6.45, 7) is 1.43. The maximum Gasteiger partial charge on any atom is 0.326 e. The number of hydrogen-bond acceptors (Lipinski definition) is 3. The molecular formula is C7H11NO4. The number of aliphatic carboxylic acids is 1. The Hall–Kier alpha value is -1.10. The summed E-state index contributed by atoms with van der Waals surface area (Å²) in [7, 11) is 0. The summed E-state index contributed by atoms with van der Waals surface area (Å²) in [4.78, 5) is 22.6. The first-order valence-electron chi connectivity index (χ1n) is 3.70. The Kier molecular flexibility index (Phi) is 2.32. The van der Waals surface area contributed by atoms with E-state index in [1.165, 1.54) is 11.8 Å². The molecule has 0 aromatic carbocycles. The van der Waals surface area contributed by atoms with Crippen LogP contribution < -0.4 is 0 Å². The second-order valence-corrected chi connectivity index (χ2v) is 2.91. The molecule has 2 N–H and O–H groups in total. The molecule has 0 radical (unpaired) electrons. The number of aliphatic hydroxyl groups is 1.